The van der Waals surface area contributed by atoms with Crippen LogP contribution in [0, 0.1) is 5.82 Å². The van der Waals surface area contributed by atoms with Crippen LogP contribution < -0.4 is 4.74 Å². The molecule has 2 aromatic rings. The monoisotopic (exact) mass is 328 g/mol. The molecule has 1 saturated heterocycles. The highest BCUT2D eigenvalue weighted by Crippen LogP contribution is 2.11. The highest BCUT2D eigenvalue weighted by atomic mass is 19.1. The molecule has 0 unspecified atom stereocenters. The zero-order chi connectivity index (χ0) is 16.8. The summed E-state index contributed by atoms with van der Waals surface area (Å²) in [5.74, 6) is 0.521. The minimum absolute atomic E-state index is 0.0322. The topological polar surface area (TPSA) is 32.8 Å². The van der Waals surface area contributed by atoms with Gasteiger partial charge < -0.3 is 9.64 Å². The first-order valence-electron chi connectivity index (χ1n) is 8.17. The first kappa shape index (κ1) is 16.5. The third-order valence-corrected chi connectivity index (χ3v) is 4.17. The van der Waals surface area contributed by atoms with E-state index in [4.69, 9.17) is 4.74 Å². The van der Waals surface area contributed by atoms with E-state index < -0.39 is 0 Å². The molecule has 1 amide bonds. The summed E-state index contributed by atoms with van der Waals surface area (Å²) in [6, 6.07) is 15.5. The molecule has 0 saturated carbocycles. The Morgan fingerprint density at radius 3 is 2.29 bits per heavy atom. The Morgan fingerprint density at radius 1 is 0.958 bits per heavy atom. The number of hydrogen-bond donors (Lipinski definition) is 0. The van der Waals surface area contributed by atoms with E-state index in [2.05, 4.69) is 4.90 Å². The maximum atomic E-state index is 12.9. The minimum atomic E-state index is -0.324. The number of piperazine rings is 1. The number of nitrogens with zero attached hydrogens (tertiary/aromatic N) is 2. The van der Waals surface area contributed by atoms with Gasteiger partial charge in [0.15, 0.2) is 0 Å². The quantitative estimate of drug-likeness (QED) is 0.846. The smallest absolute Gasteiger partial charge is 0.253 e. The van der Waals surface area contributed by atoms with Gasteiger partial charge in [0.25, 0.3) is 5.91 Å². The van der Waals surface area contributed by atoms with Gasteiger partial charge in [0.1, 0.15) is 18.2 Å². The normalized spacial score (nSPS) is 15.3. The number of halogens is 1. The van der Waals surface area contributed by atoms with E-state index in [1.807, 2.05) is 35.2 Å². The van der Waals surface area contributed by atoms with E-state index in [-0.39, 0.29) is 11.7 Å². The molecule has 0 N–H and O–H groups in total. The molecule has 126 valence electrons. The molecule has 0 aliphatic carbocycles. The van der Waals surface area contributed by atoms with Crippen molar-refractivity contribution >= 4 is 5.91 Å². The van der Waals surface area contributed by atoms with Crippen LogP contribution in [0.15, 0.2) is 54.6 Å². The van der Waals surface area contributed by atoms with E-state index in [1.54, 1.807) is 0 Å². The van der Waals surface area contributed by atoms with Crippen LogP contribution in [-0.2, 0) is 0 Å². The van der Waals surface area contributed by atoms with Gasteiger partial charge in [0, 0.05) is 38.3 Å². The lowest BCUT2D eigenvalue weighted by molar-refractivity contribution is 0.0620. The fourth-order valence-corrected chi connectivity index (χ4v) is 2.76. The molecule has 3 rings (SSSR count). The number of hydrogen-bond acceptors (Lipinski definition) is 3. The van der Waals surface area contributed by atoms with Gasteiger partial charge in [-0.1, -0.05) is 18.2 Å². The predicted molar refractivity (Wildman–Crippen MR) is 90.7 cm³/mol. The summed E-state index contributed by atoms with van der Waals surface area (Å²) in [6.45, 7) is 4.49. The van der Waals surface area contributed by atoms with Crippen LogP contribution in [-0.4, -0.2) is 55.0 Å². The van der Waals surface area contributed by atoms with Crippen molar-refractivity contribution in [1.29, 1.82) is 0 Å². The Morgan fingerprint density at radius 2 is 1.62 bits per heavy atom. The second-order valence-corrected chi connectivity index (χ2v) is 5.80. The van der Waals surface area contributed by atoms with E-state index in [1.165, 1.54) is 24.3 Å². The Bertz CT molecular complexity index is 653. The SMILES string of the molecule is O=C(c1ccc(F)cc1)N1CCN(CCOc2ccccc2)CC1. The van der Waals surface area contributed by atoms with Crippen LogP contribution in [0.3, 0.4) is 0 Å². The summed E-state index contributed by atoms with van der Waals surface area (Å²) in [5, 5.41) is 0. The minimum Gasteiger partial charge on any atom is -0.492 e. The van der Waals surface area contributed by atoms with Gasteiger partial charge in [-0.3, -0.25) is 9.69 Å². The van der Waals surface area contributed by atoms with Gasteiger partial charge in [0.05, 0.1) is 0 Å². The standard InChI is InChI=1S/C19H21FN2O2/c20-17-8-6-16(7-9-17)19(23)22-12-10-21(11-13-22)14-15-24-18-4-2-1-3-5-18/h1-9H,10-15H2. The van der Waals surface area contributed by atoms with Crippen molar-refractivity contribution in [2.75, 3.05) is 39.3 Å². The van der Waals surface area contributed by atoms with Gasteiger partial charge in [-0.25, -0.2) is 4.39 Å². The van der Waals surface area contributed by atoms with Crippen LogP contribution in [0.2, 0.25) is 0 Å². The predicted octanol–water partition coefficient (Wildman–Crippen LogP) is 2.66. The lowest BCUT2D eigenvalue weighted by atomic mass is 10.2. The lowest BCUT2D eigenvalue weighted by Crippen LogP contribution is -2.49. The van der Waals surface area contributed by atoms with Crippen molar-refractivity contribution in [3.63, 3.8) is 0 Å². The van der Waals surface area contributed by atoms with Crippen LogP contribution in [0.25, 0.3) is 0 Å². The van der Waals surface area contributed by atoms with Crippen LogP contribution >= 0.6 is 0 Å². The summed E-state index contributed by atoms with van der Waals surface area (Å²) in [7, 11) is 0. The lowest BCUT2D eigenvalue weighted by Gasteiger charge is -2.34. The number of carbonyl (C=O) groups is 1. The van der Waals surface area contributed by atoms with Crippen molar-refractivity contribution in [1.82, 2.24) is 9.80 Å². The average molecular weight is 328 g/mol. The maximum absolute atomic E-state index is 12.9. The number of rotatable bonds is 5. The zero-order valence-corrected chi connectivity index (χ0v) is 13.5. The fraction of sp³-hybridized carbons (Fsp3) is 0.316. The van der Waals surface area contributed by atoms with E-state index in [0.717, 1.165) is 25.4 Å². The first-order valence-corrected chi connectivity index (χ1v) is 8.17. The Kier molecular flexibility index (Phi) is 5.43. The molecule has 0 bridgehead atoms. The zero-order valence-electron chi connectivity index (χ0n) is 13.5. The number of benzene rings is 2. The molecule has 1 aliphatic rings. The fourth-order valence-electron chi connectivity index (χ4n) is 2.76. The summed E-state index contributed by atoms with van der Waals surface area (Å²) in [6.07, 6.45) is 0. The third-order valence-electron chi connectivity index (χ3n) is 4.17. The summed E-state index contributed by atoms with van der Waals surface area (Å²) in [4.78, 5) is 16.5. The largest absolute Gasteiger partial charge is 0.492 e. The molecule has 2 aromatic carbocycles. The van der Waals surface area contributed by atoms with Crippen molar-refractivity contribution in [2.45, 2.75) is 0 Å². The molecule has 1 aliphatic heterocycles. The number of carbonyl (C=O) groups excluding carboxylic acids is 1. The number of ether oxygens (including phenoxy) is 1. The van der Waals surface area contributed by atoms with Crippen LogP contribution in [0.4, 0.5) is 4.39 Å². The molecule has 0 atom stereocenters. The van der Waals surface area contributed by atoms with Crippen LogP contribution in [0.1, 0.15) is 10.4 Å². The molecule has 1 heterocycles. The van der Waals surface area contributed by atoms with Crippen molar-refractivity contribution in [3.05, 3.63) is 66.0 Å². The maximum Gasteiger partial charge on any atom is 0.253 e. The first-order chi connectivity index (χ1) is 11.7. The van der Waals surface area contributed by atoms with E-state index in [9.17, 15) is 9.18 Å². The van der Waals surface area contributed by atoms with Crippen molar-refractivity contribution in [2.24, 2.45) is 0 Å². The van der Waals surface area contributed by atoms with Gasteiger partial charge in [-0.05, 0) is 36.4 Å². The summed E-state index contributed by atoms with van der Waals surface area (Å²) < 4.78 is 18.6. The van der Waals surface area contributed by atoms with Crippen molar-refractivity contribution in [3.8, 4) is 5.75 Å². The third kappa shape index (κ3) is 4.32. The van der Waals surface area contributed by atoms with Gasteiger partial charge >= 0.3 is 0 Å². The molecule has 4 nitrogen and oxygen atoms in total. The second-order valence-electron chi connectivity index (χ2n) is 5.80. The van der Waals surface area contributed by atoms with E-state index >= 15 is 0 Å². The average Bonchev–Trinajstić information content (AvgIpc) is 2.63. The van der Waals surface area contributed by atoms with Gasteiger partial charge in [-0.15, -0.1) is 0 Å². The molecule has 0 aromatic heterocycles. The molecular formula is C19H21FN2O2. The molecule has 0 spiro atoms. The highest BCUT2D eigenvalue weighted by Gasteiger charge is 2.21. The number of amides is 1. The highest BCUT2D eigenvalue weighted by molar-refractivity contribution is 5.94. The summed E-state index contributed by atoms with van der Waals surface area (Å²) >= 11 is 0. The molecule has 24 heavy (non-hydrogen) atoms. The molecule has 0 radical (unpaired) electrons. The van der Waals surface area contributed by atoms with Gasteiger partial charge in [0.2, 0.25) is 0 Å². The van der Waals surface area contributed by atoms with Crippen LogP contribution in [0.5, 0.6) is 5.75 Å². The summed E-state index contributed by atoms with van der Waals surface area (Å²) in [5.41, 5.74) is 0.539. The molecule has 1 fully saturated rings. The van der Waals surface area contributed by atoms with Crippen molar-refractivity contribution < 1.29 is 13.9 Å². The van der Waals surface area contributed by atoms with Gasteiger partial charge in [-0.2, -0.15) is 0 Å². The Labute approximate surface area is 141 Å². The Hall–Kier alpha value is -2.40. The number of para-hydroxylation sites is 1. The molecule has 5 heteroatoms. The Balaban J connectivity index is 1.42. The second kappa shape index (κ2) is 7.93. The van der Waals surface area contributed by atoms with E-state index in [0.29, 0.717) is 25.3 Å². The molecular weight excluding hydrogens is 307 g/mol.